The fourth-order valence-corrected chi connectivity index (χ4v) is 3.00. The summed E-state index contributed by atoms with van der Waals surface area (Å²) in [6.45, 7) is 2.43. The summed E-state index contributed by atoms with van der Waals surface area (Å²) in [6.07, 6.45) is 1.44. The van der Waals surface area contributed by atoms with Gasteiger partial charge < -0.3 is 16.0 Å². The fraction of sp³-hybridized carbons (Fsp3) is 0.263. The van der Waals surface area contributed by atoms with Crippen molar-refractivity contribution in [2.45, 2.75) is 32.4 Å². The molecule has 2 aromatic rings. The second-order valence-electron chi connectivity index (χ2n) is 6.06. The molecule has 0 bridgehead atoms. The molecule has 1 unspecified atom stereocenters. The number of hydrogen-bond acceptors (Lipinski definition) is 3. The number of hydrogen-bond donors (Lipinski definition) is 2. The van der Waals surface area contributed by atoms with Gasteiger partial charge in [0.15, 0.2) is 0 Å². The van der Waals surface area contributed by atoms with Crippen LogP contribution in [0, 0.1) is 0 Å². The average Bonchev–Trinajstić information content (AvgIpc) is 2.93. The number of nitrogens with two attached hydrogens (primary N) is 1. The first-order valence-corrected chi connectivity index (χ1v) is 8.11. The smallest absolute Gasteiger partial charge is 0.255 e. The Morgan fingerprint density at radius 1 is 1.25 bits per heavy atom. The summed E-state index contributed by atoms with van der Waals surface area (Å²) in [5, 5.41) is 2.89. The number of carbonyl (C=O) groups is 2. The topological polar surface area (TPSA) is 75.4 Å². The van der Waals surface area contributed by atoms with Crippen molar-refractivity contribution in [3.63, 3.8) is 0 Å². The van der Waals surface area contributed by atoms with E-state index in [0.717, 1.165) is 17.7 Å². The monoisotopic (exact) mass is 323 g/mol. The Kier molecular flexibility index (Phi) is 4.62. The Hall–Kier alpha value is -2.66. The number of anilines is 2. The van der Waals surface area contributed by atoms with Crippen molar-refractivity contribution < 1.29 is 9.59 Å². The second kappa shape index (κ2) is 6.84. The van der Waals surface area contributed by atoms with E-state index in [2.05, 4.69) is 5.32 Å². The van der Waals surface area contributed by atoms with E-state index < -0.39 is 0 Å². The number of benzene rings is 2. The normalized spacial score (nSPS) is 17.2. The van der Waals surface area contributed by atoms with Crippen LogP contribution in [-0.2, 0) is 11.3 Å². The molecule has 1 aliphatic heterocycles. The van der Waals surface area contributed by atoms with E-state index in [1.54, 1.807) is 17.0 Å². The largest absolute Gasteiger partial charge is 0.326 e. The number of rotatable bonds is 4. The standard InChI is InChI=1S/C19H21N3O2/c1-13-8-9-18(23)22(13)17-7-3-6-16(11-17)21-19(24)15-5-2-4-14(10-15)12-20/h2-7,10-11,13H,8-9,12,20H2,1H3,(H,21,24). The second-order valence-corrected chi connectivity index (χ2v) is 6.06. The van der Waals surface area contributed by atoms with Crippen LogP contribution in [0.3, 0.4) is 0 Å². The highest BCUT2D eigenvalue weighted by Gasteiger charge is 2.28. The summed E-state index contributed by atoms with van der Waals surface area (Å²) in [5.41, 5.74) is 8.58. The molecule has 0 saturated carbocycles. The number of amides is 2. The van der Waals surface area contributed by atoms with Crippen LogP contribution in [0.5, 0.6) is 0 Å². The SMILES string of the molecule is CC1CCC(=O)N1c1cccc(NC(=O)c2cccc(CN)c2)c1. The van der Waals surface area contributed by atoms with E-state index >= 15 is 0 Å². The highest BCUT2D eigenvalue weighted by atomic mass is 16.2. The molecule has 0 radical (unpaired) electrons. The molecular formula is C19H21N3O2. The molecule has 24 heavy (non-hydrogen) atoms. The Morgan fingerprint density at radius 3 is 2.75 bits per heavy atom. The van der Waals surface area contributed by atoms with Crippen LogP contribution in [0.4, 0.5) is 11.4 Å². The van der Waals surface area contributed by atoms with Gasteiger partial charge in [-0.25, -0.2) is 0 Å². The van der Waals surface area contributed by atoms with Gasteiger partial charge in [-0.05, 0) is 49.2 Å². The summed E-state index contributed by atoms with van der Waals surface area (Å²) >= 11 is 0. The lowest BCUT2D eigenvalue weighted by Crippen LogP contribution is -2.30. The quantitative estimate of drug-likeness (QED) is 0.908. The molecule has 0 spiro atoms. The Morgan fingerprint density at radius 2 is 2.04 bits per heavy atom. The van der Waals surface area contributed by atoms with Gasteiger partial charge in [0.05, 0.1) is 0 Å². The Bertz CT molecular complexity index is 773. The lowest BCUT2D eigenvalue weighted by atomic mass is 10.1. The van der Waals surface area contributed by atoms with Gasteiger partial charge >= 0.3 is 0 Å². The van der Waals surface area contributed by atoms with Gasteiger partial charge in [0.2, 0.25) is 5.91 Å². The fourth-order valence-electron chi connectivity index (χ4n) is 3.00. The van der Waals surface area contributed by atoms with Gasteiger partial charge in [0.25, 0.3) is 5.91 Å². The van der Waals surface area contributed by atoms with Crippen LogP contribution in [0.2, 0.25) is 0 Å². The molecule has 124 valence electrons. The molecule has 1 fully saturated rings. The van der Waals surface area contributed by atoms with Crippen LogP contribution in [0.1, 0.15) is 35.7 Å². The van der Waals surface area contributed by atoms with Crippen molar-refractivity contribution in [2.75, 3.05) is 10.2 Å². The first kappa shape index (κ1) is 16.2. The van der Waals surface area contributed by atoms with Crippen molar-refractivity contribution in [2.24, 2.45) is 5.73 Å². The predicted octanol–water partition coefficient (Wildman–Crippen LogP) is 2.91. The van der Waals surface area contributed by atoms with Gasteiger partial charge in [0, 0.05) is 35.9 Å². The zero-order chi connectivity index (χ0) is 17.1. The van der Waals surface area contributed by atoms with Gasteiger partial charge in [0.1, 0.15) is 0 Å². The maximum atomic E-state index is 12.4. The molecule has 2 amide bonds. The third-order valence-electron chi connectivity index (χ3n) is 4.29. The minimum atomic E-state index is -0.191. The van der Waals surface area contributed by atoms with Crippen molar-refractivity contribution >= 4 is 23.2 Å². The minimum Gasteiger partial charge on any atom is -0.326 e. The first-order chi connectivity index (χ1) is 11.6. The molecule has 1 heterocycles. The highest BCUT2D eigenvalue weighted by molar-refractivity contribution is 6.05. The molecule has 3 rings (SSSR count). The van der Waals surface area contributed by atoms with E-state index in [1.807, 2.05) is 43.3 Å². The molecule has 1 aliphatic rings. The Labute approximate surface area is 141 Å². The lowest BCUT2D eigenvalue weighted by Gasteiger charge is -2.22. The summed E-state index contributed by atoms with van der Waals surface area (Å²) in [5.74, 6) is -0.0649. The zero-order valence-electron chi connectivity index (χ0n) is 13.7. The maximum absolute atomic E-state index is 12.4. The van der Waals surface area contributed by atoms with E-state index in [0.29, 0.717) is 24.2 Å². The molecule has 0 aromatic heterocycles. The van der Waals surface area contributed by atoms with E-state index in [-0.39, 0.29) is 17.9 Å². The summed E-state index contributed by atoms with van der Waals surface area (Å²) in [7, 11) is 0. The van der Waals surface area contributed by atoms with E-state index in [9.17, 15) is 9.59 Å². The number of nitrogens with zero attached hydrogens (tertiary/aromatic N) is 1. The van der Waals surface area contributed by atoms with Gasteiger partial charge in [-0.2, -0.15) is 0 Å². The highest BCUT2D eigenvalue weighted by Crippen LogP contribution is 2.28. The third-order valence-corrected chi connectivity index (χ3v) is 4.29. The summed E-state index contributed by atoms with van der Waals surface area (Å²) in [6, 6.07) is 14.8. The van der Waals surface area contributed by atoms with Crippen molar-refractivity contribution in [1.29, 1.82) is 0 Å². The molecule has 1 saturated heterocycles. The summed E-state index contributed by atoms with van der Waals surface area (Å²) in [4.78, 5) is 26.2. The minimum absolute atomic E-state index is 0.127. The van der Waals surface area contributed by atoms with Gasteiger partial charge in [-0.1, -0.05) is 18.2 Å². The van der Waals surface area contributed by atoms with Crippen molar-refractivity contribution in [3.8, 4) is 0 Å². The van der Waals surface area contributed by atoms with E-state index in [1.165, 1.54) is 0 Å². The molecule has 2 aromatic carbocycles. The van der Waals surface area contributed by atoms with E-state index in [4.69, 9.17) is 5.73 Å². The van der Waals surface area contributed by atoms with Crippen LogP contribution >= 0.6 is 0 Å². The van der Waals surface area contributed by atoms with Crippen LogP contribution in [-0.4, -0.2) is 17.9 Å². The lowest BCUT2D eigenvalue weighted by molar-refractivity contribution is -0.117. The average molecular weight is 323 g/mol. The molecule has 5 nitrogen and oxygen atoms in total. The molecular weight excluding hydrogens is 302 g/mol. The van der Waals surface area contributed by atoms with Crippen LogP contribution < -0.4 is 16.0 Å². The maximum Gasteiger partial charge on any atom is 0.255 e. The van der Waals surface area contributed by atoms with Gasteiger partial charge in [-0.15, -0.1) is 0 Å². The number of carbonyl (C=O) groups excluding carboxylic acids is 2. The predicted molar refractivity (Wildman–Crippen MR) is 94.9 cm³/mol. The zero-order valence-corrected chi connectivity index (χ0v) is 13.7. The number of nitrogens with one attached hydrogen (secondary N) is 1. The van der Waals surface area contributed by atoms with Crippen LogP contribution in [0.25, 0.3) is 0 Å². The molecule has 5 heteroatoms. The molecule has 3 N–H and O–H groups in total. The van der Waals surface area contributed by atoms with Crippen molar-refractivity contribution in [1.82, 2.24) is 0 Å². The van der Waals surface area contributed by atoms with Crippen LogP contribution in [0.15, 0.2) is 48.5 Å². The molecule has 1 atom stereocenters. The van der Waals surface area contributed by atoms with Gasteiger partial charge in [-0.3, -0.25) is 9.59 Å². The van der Waals surface area contributed by atoms with Crippen molar-refractivity contribution in [3.05, 3.63) is 59.7 Å². The summed E-state index contributed by atoms with van der Waals surface area (Å²) < 4.78 is 0. The first-order valence-electron chi connectivity index (χ1n) is 8.11. The molecule has 0 aliphatic carbocycles. The Balaban J connectivity index is 1.79. The third kappa shape index (κ3) is 3.31.